The van der Waals surface area contributed by atoms with E-state index in [0.29, 0.717) is 16.7 Å². The lowest BCUT2D eigenvalue weighted by molar-refractivity contribution is 0.0908. The third-order valence-electron chi connectivity index (χ3n) is 3.57. The standard InChI is InChI=1S/C14H15ClN2O2/c15-10-5-3-4-9(8-10)13-16-14(19-17-13)11-6-1-2-7-12(11)18/h3-5,8,11-12,18H,1-2,6-7H2. The Morgan fingerprint density at radius 2 is 2.11 bits per heavy atom. The maximum Gasteiger partial charge on any atom is 0.232 e. The second-order valence-corrected chi connectivity index (χ2v) is 5.36. The topological polar surface area (TPSA) is 59.2 Å². The second kappa shape index (κ2) is 5.31. The van der Waals surface area contributed by atoms with E-state index in [9.17, 15) is 5.11 Å². The van der Waals surface area contributed by atoms with Crippen LogP contribution >= 0.6 is 11.6 Å². The molecule has 4 nitrogen and oxygen atoms in total. The van der Waals surface area contributed by atoms with Crippen molar-refractivity contribution in [1.29, 1.82) is 0 Å². The van der Waals surface area contributed by atoms with Gasteiger partial charge in [-0.05, 0) is 25.0 Å². The Balaban J connectivity index is 1.86. The molecular formula is C14H15ClN2O2. The zero-order chi connectivity index (χ0) is 13.2. The molecule has 1 aliphatic carbocycles. The summed E-state index contributed by atoms with van der Waals surface area (Å²) in [6.45, 7) is 0. The van der Waals surface area contributed by atoms with E-state index < -0.39 is 0 Å². The molecule has 1 heterocycles. The van der Waals surface area contributed by atoms with Crippen LogP contribution in [-0.2, 0) is 0 Å². The lowest BCUT2D eigenvalue weighted by atomic mass is 9.86. The third kappa shape index (κ3) is 2.65. The lowest BCUT2D eigenvalue weighted by Crippen LogP contribution is -2.22. The van der Waals surface area contributed by atoms with Gasteiger partial charge in [-0.3, -0.25) is 0 Å². The molecule has 0 spiro atoms. The smallest absolute Gasteiger partial charge is 0.232 e. The van der Waals surface area contributed by atoms with E-state index >= 15 is 0 Å². The summed E-state index contributed by atoms with van der Waals surface area (Å²) < 4.78 is 5.30. The Kier molecular flexibility index (Phi) is 3.53. The van der Waals surface area contributed by atoms with Crippen LogP contribution in [0.2, 0.25) is 5.02 Å². The average Bonchev–Trinajstić information content (AvgIpc) is 2.89. The highest BCUT2D eigenvalue weighted by atomic mass is 35.5. The maximum atomic E-state index is 10.00. The fourth-order valence-electron chi connectivity index (χ4n) is 2.53. The molecular weight excluding hydrogens is 264 g/mol. The number of rotatable bonds is 2. The largest absolute Gasteiger partial charge is 0.392 e. The van der Waals surface area contributed by atoms with Crippen LogP contribution in [0.25, 0.3) is 11.4 Å². The van der Waals surface area contributed by atoms with Gasteiger partial charge in [-0.15, -0.1) is 0 Å². The van der Waals surface area contributed by atoms with Crippen molar-refractivity contribution in [2.24, 2.45) is 0 Å². The summed E-state index contributed by atoms with van der Waals surface area (Å²) in [4.78, 5) is 4.40. The van der Waals surface area contributed by atoms with Crippen LogP contribution in [0.3, 0.4) is 0 Å². The summed E-state index contributed by atoms with van der Waals surface area (Å²) in [7, 11) is 0. The van der Waals surface area contributed by atoms with Gasteiger partial charge in [-0.1, -0.05) is 41.7 Å². The van der Waals surface area contributed by atoms with Crippen LogP contribution in [0.5, 0.6) is 0 Å². The van der Waals surface area contributed by atoms with Gasteiger partial charge < -0.3 is 9.63 Å². The van der Waals surface area contributed by atoms with Gasteiger partial charge in [0.1, 0.15) is 0 Å². The van der Waals surface area contributed by atoms with Gasteiger partial charge in [-0.2, -0.15) is 4.98 Å². The average molecular weight is 279 g/mol. The molecule has 0 bridgehead atoms. The first-order valence-corrected chi connectivity index (χ1v) is 6.89. The Labute approximate surface area is 116 Å². The van der Waals surface area contributed by atoms with E-state index in [1.807, 2.05) is 12.1 Å². The SMILES string of the molecule is OC1CCCCC1c1nc(-c2cccc(Cl)c2)no1. The summed E-state index contributed by atoms with van der Waals surface area (Å²) in [5.41, 5.74) is 0.827. The number of aliphatic hydroxyl groups is 1. The normalized spacial score (nSPS) is 23.5. The van der Waals surface area contributed by atoms with Crippen molar-refractivity contribution in [3.63, 3.8) is 0 Å². The lowest BCUT2D eigenvalue weighted by Gasteiger charge is -2.24. The molecule has 0 saturated heterocycles. The van der Waals surface area contributed by atoms with Crippen LogP contribution in [0.4, 0.5) is 0 Å². The quantitative estimate of drug-likeness (QED) is 0.914. The molecule has 0 radical (unpaired) electrons. The highest BCUT2D eigenvalue weighted by Gasteiger charge is 2.29. The molecule has 100 valence electrons. The number of aromatic nitrogens is 2. The zero-order valence-corrected chi connectivity index (χ0v) is 11.2. The predicted octanol–water partition coefficient (Wildman–Crippen LogP) is 3.41. The molecule has 19 heavy (non-hydrogen) atoms. The van der Waals surface area contributed by atoms with Gasteiger partial charge >= 0.3 is 0 Å². The van der Waals surface area contributed by atoms with E-state index in [1.54, 1.807) is 12.1 Å². The first kappa shape index (κ1) is 12.6. The molecule has 1 saturated carbocycles. The molecule has 1 aromatic heterocycles. The fourth-order valence-corrected chi connectivity index (χ4v) is 2.72. The van der Waals surface area contributed by atoms with Crippen LogP contribution in [-0.4, -0.2) is 21.4 Å². The zero-order valence-electron chi connectivity index (χ0n) is 10.4. The number of hydrogen-bond donors (Lipinski definition) is 1. The summed E-state index contributed by atoms with van der Waals surface area (Å²) in [5.74, 6) is 1.02. The summed E-state index contributed by atoms with van der Waals surface area (Å²) >= 11 is 5.95. The number of hydrogen-bond acceptors (Lipinski definition) is 4. The van der Waals surface area contributed by atoms with Gasteiger partial charge in [-0.25, -0.2) is 0 Å². The van der Waals surface area contributed by atoms with Crippen LogP contribution in [0.15, 0.2) is 28.8 Å². The Hall–Kier alpha value is -1.39. The number of halogens is 1. The fraction of sp³-hybridized carbons (Fsp3) is 0.429. The van der Waals surface area contributed by atoms with E-state index in [4.69, 9.17) is 16.1 Å². The minimum atomic E-state index is -0.374. The minimum Gasteiger partial charge on any atom is -0.392 e. The first-order valence-electron chi connectivity index (χ1n) is 6.51. The highest BCUT2D eigenvalue weighted by Crippen LogP contribution is 2.33. The van der Waals surface area contributed by atoms with Gasteiger partial charge in [0.15, 0.2) is 0 Å². The minimum absolute atomic E-state index is 0.0332. The highest BCUT2D eigenvalue weighted by molar-refractivity contribution is 6.30. The monoisotopic (exact) mass is 278 g/mol. The Bertz CT molecular complexity index is 570. The van der Waals surface area contributed by atoms with Crippen molar-refractivity contribution in [3.05, 3.63) is 35.2 Å². The first-order chi connectivity index (χ1) is 9.24. The van der Waals surface area contributed by atoms with E-state index in [2.05, 4.69) is 10.1 Å². The second-order valence-electron chi connectivity index (χ2n) is 4.92. The number of aliphatic hydroxyl groups excluding tert-OH is 1. The molecule has 1 aliphatic rings. The number of benzene rings is 1. The molecule has 3 rings (SSSR count). The molecule has 0 aliphatic heterocycles. The van der Waals surface area contributed by atoms with Crippen molar-refractivity contribution < 1.29 is 9.63 Å². The Morgan fingerprint density at radius 1 is 1.26 bits per heavy atom. The summed E-state index contributed by atoms with van der Waals surface area (Å²) in [6, 6.07) is 7.34. The van der Waals surface area contributed by atoms with Crippen molar-refractivity contribution in [3.8, 4) is 11.4 Å². The van der Waals surface area contributed by atoms with Crippen LogP contribution < -0.4 is 0 Å². The predicted molar refractivity (Wildman–Crippen MR) is 72.0 cm³/mol. The molecule has 2 atom stereocenters. The third-order valence-corrected chi connectivity index (χ3v) is 3.81. The molecule has 1 aromatic carbocycles. The van der Waals surface area contributed by atoms with Crippen molar-refractivity contribution >= 4 is 11.6 Å². The van der Waals surface area contributed by atoms with E-state index in [1.165, 1.54) is 0 Å². The molecule has 1 N–H and O–H groups in total. The number of nitrogens with zero attached hydrogens (tertiary/aromatic N) is 2. The molecule has 2 unspecified atom stereocenters. The summed E-state index contributed by atoms with van der Waals surface area (Å²) in [5, 5.41) is 14.6. The van der Waals surface area contributed by atoms with Crippen molar-refractivity contribution in [1.82, 2.24) is 10.1 Å². The van der Waals surface area contributed by atoms with E-state index in [0.717, 1.165) is 31.2 Å². The van der Waals surface area contributed by atoms with Crippen molar-refractivity contribution in [2.75, 3.05) is 0 Å². The molecule has 2 aromatic rings. The van der Waals surface area contributed by atoms with Gasteiger partial charge in [0.25, 0.3) is 0 Å². The van der Waals surface area contributed by atoms with Gasteiger partial charge in [0.2, 0.25) is 11.7 Å². The van der Waals surface area contributed by atoms with Crippen molar-refractivity contribution in [2.45, 2.75) is 37.7 Å². The van der Waals surface area contributed by atoms with Crippen LogP contribution in [0, 0.1) is 0 Å². The Morgan fingerprint density at radius 3 is 2.89 bits per heavy atom. The van der Waals surface area contributed by atoms with E-state index in [-0.39, 0.29) is 12.0 Å². The summed E-state index contributed by atoms with van der Waals surface area (Å²) in [6.07, 6.45) is 3.49. The van der Waals surface area contributed by atoms with Gasteiger partial charge in [0, 0.05) is 10.6 Å². The molecule has 1 fully saturated rings. The molecule has 0 amide bonds. The molecule has 5 heteroatoms. The van der Waals surface area contributed by atoms with Gasteiger partial charge in [0.05, 0.1) is 12.0 Å². The van der Waals surface area contributed by atoms with Crippen LogP contribution in [0.1, 0.15) is 37.5 Å². The maximum absolute atomic E-state index is 10.00.